The fourth-order valence-electron chi connectivity index (χ4n) is 6.50. The summed E-state index contributed by atoms with van der Waals surface area (Å²) in [6, 6.07) is 83.6. The van der Waals surface area contributed by atoms with E-state index >= 15 is 0 Å². The molecule has 0 bridgehead atoms. The maximum atomic E-state index is 4.55. The molecule has 0 amide bonds. The maximum absolute atomic E-state index is 4.55. The van der Waals surface area contributed by atoms with Crippen LogP contribution in [0.25, 0.3) is 67.3 Å². The molecule has 0 fully saturated rings. The van der Waals surface area contributed by atoms with Crippen LogP contribution in [0.1, 0.15) is 17.0 Å². The van der Waals surface area contributed by atoms with Crippen molar-refractivity contribution >= 4 is 0 Å². The zero-order valence-electron chi connectivity index (χ0n) is 36.3. The normalized spacial score (nSPS) is 9.83. The van der Waals surface area contributed by atoms with Gasteiger partial charge in [-0.15, -0.1) is 143 Å². The average Bonchev–Trinajstić information content (AvgIpc) is 3.36. The number of hydrogen-bond donors (Lipinski definition) is 0. The van der Waals surface area contributed by atoms with Gasteiger partial charge in [-0.05, 0) is 78.9 Å². The zero-order chi connectivity index (χ0) is 43.5. The van der Waals surface area contributed by atoms with E-state index in [1.54, 1.807) is 6.20 Å². The van der Waals surface area contributed by atoms with Crippen molar-refractivity contribution in [2.45, 2.75) is 20.8 Å². The molecule has 0 unspecified atom stereocenters. The van der Waals surface area contributed by atoms with Gasteiger partial charge < -0.3 is 19.9 Å². The second-order valence-corrected chi connectivity index (χ2v) is 14.5. The Morgan fingerprint density at radius 2 is 0.723 bits per heavy atom. The van der Waals surface area contributed by atoms with Crippen molar-refractivity contribution in [1.29, 1.82) is 0 Å². The van der Waals surface area contributed by atoms with Crippen molar-refractivity contribution < 1.29 is 40.2 Å². The topological polar surface area (TPSA) is 51.6 Å². The van der Waals surface area contributed by atoms with Crippen LogP contribution in [0, 0.1) is 45.0 Å². The van der Waals surface area contributed by atoms with Gasteiger partial charge in [0.1, 0.15) is 0 Å². The molecule has 0 atom stereocenters. The molecular weight excluding hydrogens is 1150 g/mol. The Kier molecular flexibility index (Phi) is 19.8. The largest absolute Gasteiger partial charge is 0.305 e. The summed E-state index contributed by atoms with van der Waals surface area (Å²) in [5, 5.41) is 0. The third-order valence-electron chi connectivity index (χ3n) is 9.72. The molecule has 0 aliphatic carbocycles. The van der Waals surface area contributed by atoms with Crippen LogP contribution >= 0.6 is 0 Å². The van der Waals surface area contributed by atoms with Gasteiger partial charge in [0, 0.05) is 64.0 Å². The molecule has 65 heavy (non-hydrogen) atoms. The molecule has 10 aromatic rings. The van der Waals surface area contributed by atoms with Crippen LogP contribution in [0.5, 0.6) is 0 Å². The molecule has 10 rings (SSSR count). The first-order valence-electron chi connectivity index (χ1n) is 20.8. The van der Waals surface area contributed by atoms with Crippen LogP contribution in [0.4, 0.5) is 0 Å². The summed E-state index contributed by atoms with van der Waals surface area (Å²) < 4.78 is 0. The average molecular weight is 1200 g/mol. The van der Waals surface area contributed by atoms with Crippen molar-refractivity contribution in [3.63, 3.8) is 0 Å². The minimum absolute atomic E-state index is 0. The predicted octanol–water partition coefficient (Wildman–Crippen LogP) is 14.4. The molecule has 0 saturated heterocycles. The Bertz CT molecular complexity index is 2860. The third kappa shape index (κ3) is 15.2. The van der Waals surface area contributed by atoms with E-state index in [1.807, 2.05) is 160 Å². The Balaban J connectivity index is 0.000000164. The number of benzene rings is 6. The van der Waals surface area contributed by atoms with Gasteiger partial charge in [0.15, 0.2) is 0 Å². The number of aryl methyl sites for hydroxylation is 3. The quantitative estimate of drug-likeness (QED) is 0.156. The molecule has 0 aliphatic heterocycles. The van der Waals surface area contributed by atoms with Crippen molar-refractivity contribution in [3.8, 4) is 67.3 Å². The first kappa shape index (κ1) is 49.2. The van der Waals surface area contributed by atoms with Gasteiger partial charge in [-0.25, -0.2) is 0 Å². The second-order valence-electron chi connectivity index (χ2n) is 14.5. The van der Waals surface area contributed by atoms with Crippen LogP contribution in [0.3, 0.4) is 0 Å². The number of rotatable bonds is 6. The summed E-state index contributed by atoms with van der Waals surface area (Å²) in [6.07, 6.45) is 3.60. The predicted molar refractivity (Wildman–Crippen MR) is 259 cm³/mol. The molecule has 4 heterocycles. The molecule has 6 aromatic carbocycles. The minimum Gasteiger partial charge on any atom is -0.305 e. The minimum atomic E-state index is 0. The number of nitrogens with zero attached hydrogens (tertiary/aromatic N) is 4. The van der Waals surface area contributed by atoms with E-state index in [0.717, 1.165) is 56.4 Å². The van der Waals surface area contributed by atoms with Crippen LogP contribution < -0.4 is 0 Å². The second kappa shape index (κ2) is 26.1. The van der Waals surface area contributed by atoms with Gasteiger partial charge in [0.25, 0.3) is 0 Å². The summed E-state index contributed by atoms with van der Waals surface area (Å²) in [5.41, 5.74) is 16.2. The van der Waals surface area contributed by atoms with Crippen molar-refractivity contribution in [2.75, 3.05) is 0 Å². The summed E-state index contributed by atoms with van der Waals surface area (Å²) in [4.78, 5) is 17.5. The molecule has 0 saturated carbocycles. The van der Waals surface area contributed by atoms with Crippen molar-refractivity contribution in [3.05, 3.63) is 266 Å². The number of pyridine rings is 4. The fraction of sp³-hybridized carbons (Fsp3) is 0.0508. The van der Waals surface area contributed by atoms with Crippen molar-refractivity contribution in [2.24, 2.45) is 0 Å². The molecule has 4 nitrogen and oxygen atoms in total. The molecule has 324 valence electrons. The monoisotopic (exact) mass is 1200 g/mol. The Hall–Kier alpha value is -6.78. The summed E-state index contributed by atoms with van der Waals surface area (Å²) in [6.45, 7) is 6.10. The fourth-order valence-corrected chi connectivity index (χ4v) is 6.50. The molecule has 0 aliphatic rings. The van der Waals surface area contributed by atoms with Gasteiger partial charge in [-0.2, -0.15) is 0 Å². The van der Waals surface area contributed by atoms with E-state index in [0.29, 0.717) is 0 Å². The molecule has 2 radical (unpaired) electrons. The number of hydrogen-bond acceptors (Lipinski definition) is 4. The van der Waals surface area contributed by atoms with Crippen LogP contribution in [0.15, 0.2) is 225 Å². The summed E-state index contributed by atoms with van der Waals surface area (Å²) in [7, 11) is 0. The van der Waals surface area contributed by atoms with Gasteiger partial charge in [0.05, 0.1) is 0 Å². The van der Waals surface area contributed by atoms with E-state index in [-0.39, 0.29) is 40.2 Å². The Morgan fingerprint density at radius 1 is 0.308 bits per heavy atom. The number of aromatic nitrogens is 4. The van der Waals surface area contributed by atoms with Crippen LogP contribution in [0.2, 0.25) is 0 Å². The summed E-state index contributed by atoms with van der Waals surface area (Å²) >= 11 is 0. The standard InChI is InChI=1S/2C18H14N.C12H10N.C11H8N.2Ir/c1-14-8-10-15(11-9-14)16-5-4-6-17(13-16)18-7-2-3-12-19-18;1-14-7-5-12-18(19-14)17-11-6-10-16(13-17)15-8-3-2-4-9-15;1-10-6-5-9-12(13-10)11-7-3-2-4-8-11;1-2-6-10(7-3-1)11-8-4-5-9-12-11;;/h2-5,7-13H,1H3;2-10,12-13H,1H3;2-7,9H,1H3;1-6,8-9H;;/q4*-1;;. The van der Waals surface area contributed by atoms with E-state index < -0.39 is 0 Å². The first-order chi connectivity index (χ1) is 31.0. The Labute approximate surface area is 411 Å². The van der Waals surface area contributed by atoms with Gasteiger partial charge in [0.2, 0.25) is 0 Å². The van der Waals surface area contributed by atoms with Gasteiger partial charge in [-0.1, -0.05) is 109 Å². The first-order valence-corrected chi connectivity index (χ1v) is 20.8. The van der Waals surface area contributed by atoms with E-state index in [2.05, 4.69) is 124 Å². The molecular formula is C59H46Ir2N4-4. The smallest absolute Gasteiger partial charge is 0.0266 e. The Morgan fingerprint density at radius 3 is 1.20 bits per heavy atom. The zero-order valence-corrected chi connectivity index (χ0v) is 41.1. The molecule has 4 aromatic heterocycles. The van der Waals surface area contributed by atoms with Crippen molar-refractivity contribution in [1.82, 2.24) is 19.9 Å². The van der Waals surface area contributed by atoms with E-state index in [4.69, 9.17) is 0 Å². The molecule has 0 N–H and O–H groups in total. The third-order valence-corrected chi connectivity index (χ3v) is 9.72. The molecule has 0 spiro atoms. The van der Waals surface area contributed by atoms with E-state index in [9.17, 15) is 0 Å². The van der Waals surface area contributed by atoms with E-state index in [1.165, 1.54) is 27.8 Å². The van der Waals surface area contributed by atoms with Crippen LogP contribution in [-0.4, -0.2) is 19.9 Å². The molecule has 6 heteroatoms. The van der Waals surface area contributed by atoms with Crippen LogP contribution in [-0.2, 0) is 40.2 Å². The maximum Gasteiger partial charge on any atom is 0.0266 e. The summed E-state index contributed by atoms with van der Waals surface area (Å²) in [5.74, 6) is 0. The SMILES string of the molecule is Cc1ccc(-c2cc[c-]c(-c3ccccn3)c2)cc1.Cc1cccc(-c2[c-]ccc(-c3ccccc3)c2)n1.Cc1cccc(-c2[c-]cccc2)n1.[Ir].[Ir].[c-]1ccccc1-c1ccccn1. The van der Waals surface area contributed by atoms with Gasteiger partial charge >= 0.3 is 0 Å². The van der Waals surface area contributed by atoms with Gasteiger partial charge in [-0.3, -0.25) is 0 Å².